The van der Waals surface area contributed by atoms with Gasteiger partial charge in [-0.25, -0.2) is 0 Å². The number of aliphatic hydroxyl groups is 1. The van der Waals surface area contributed by atoms with Gasteiger partial charge in [-0.15, -0.1) is 0 Å². The van der Waals surface area contributed by atoms with E-state index in [1.54, 1.807) is 0 Å². The van der Waals surface area contributed by atoms with E-state index in [4.69, 9.17) is 0 Å². The minimum absolute atomic E-state index is 0.400. The second-order valence-electron chi connectivity index (χ2n) is 5.84. The Balaban J connectivity index is 2.41. The molecular formula is C16H24O. The topological polar surface area (TPSA) is 20.2 Å². The summed E-state index contributed by atoms with van der Waals surface area (Å²) in [6.45, 7) is 6.58. The molecule has 1 heteroatoms. The van der Waals surface area contributed by atoms with Crippen LogP contribution in [-0.2, 0) is 5.60 Å². The first-order valence-corrected chi connectivity index (χ1v) is 6.84. The molecule has 0 aliphatic heterocycles. The predicted molar refractivity (Wildman–Crippen MR) is 71.9 cm³/mol. The number of hydrogen-bond acceptors (Lipinski definition) is 1. The van der Waals surface area contributed by atoms with Gasteiger partial charge in [0.2, 0.25) is 0 Å². The first kappa shape index (κ1) is 12.6. The van der Waals surface area contributed by atoms with Crippen molar-refractivity contribution in [3.05, 3.63) is 35.4 Å². The molecule has 0 radical (unpaired) electrons. The predicted octanol–water partition coefficient (Wildman–Crippen LogP) is 4.03. The summed E-state index contributed by atoms with van der Waals surface area (Å²) >= 11 is 0. The van der Waals surface area contributed by atoms with E-state index in [0.29, 0.717) is 11.8 Å². The van der Waals surface area contributed by atoms with E-state index in [1.807, 2.05) is 6.07 Å². The number of rotatable bonds is 2. The van der Waals surface area contributed by atoms with Crippen LogP contribution in [0.15, 0.2) is 24.3 Å². The zero-order chi connectivity index (χ0) is 12.5. The number of benzene rings is 1. The van der Waals surface area contributed by atoms with Gasteiger partial charge in [0.05, 0.1) is 5.60 Å². The van der Waals surface area contributed by atoms with Gasteiger partial charge in [-0.3, -0.25) is 0 Å². The maximum atomic E-state index is 11.2. The minimum Gasteiger partial charge on any atom is -0.385 e. The third-order valence-electron chi connectivity index (χ3n) is 4.35. The summed E-state index contributed by atoms with van der Waals surface area (Å²) in [6.07, 6.45) is 4.48. The monoisotopic (exact) mass is 232 g/mol. The lowest BCUT2D eigenvalue weighted by Crippen LogP contribution is -2.41. The van der Waals surface area contributed by atoms with Crippen LogP contribution in [-0.4, -0.2) is 5.11 Å². The molecule has 94 valence electrons. The molecule has 1 aromatic carbocycles. The van der Waals surface area contributed by atoms with Crippen LogP contribution in [0.2, 0.25) is 0 Å². The molecule has 2 atom stereocenters. The average Bonchev–Trinajstić information content (AvgIpc) is 2.29. The zero-order valence-electron chi connectivity index (χ0n) is 11.2. The summed E-state index contributed by atoms with van der Waals surface area (Å²) in [4.78, 5) is 0. The first-order valence-electron chi connectivity index (χ1n) is 6.84. The Kier molecular flexibility index (Phi) is 3.58. The Morgan fingerprint density at radius 2 is 1.94 bits per heavy atom. The van der Waals surface area contributed by atoms with Crippen molar-refractivity contribution < 1.29 is 5.11 Å². The van der Waals surface area contributed by atoms with Gasteiger partial charge in [0.15, 0.2) is 0 Å². The van der Waals surface area contributed by atoms with Crippen LogP contribution in [0.4, 0.5) is 0 Å². The molecule has 0 bridgehead atoms. The first-order chi connectivity index (χ1) is 8.05. The molecule has 0 aromatic heterocycles. The van der Waals surface area contributed by atoms with E-state index < -0.39 is 5.60 Å². The summed E-state index contributed by atoms with van der Waals surface area (Å²) < 4.78 is 0. The van der Waals surface area contributed by atoms with Crippen LogP contribution in [0, 0.1) is 18.8 Å². The summed E-state index contributed by atoms with van der Waals surface area (Å²) in [7, 11) is 0. The molecule has 1 aliphatic rings. The van der Waals surface area contributed by atoms with Crippen molar-refractivity contribution >= 4 is 0 Å². The Morgan fingerprint density at radius 3 is 2.59 bits per heavy atom. The zero-order valence-corrected chi connectivity index (χ0v) is 11.2. The van der Waals surface area contributed by atoms with Gasteiger partial charge < -0.3 is 5.11 Å². The second kappa shape index (κ2) is 4.81. The van der Waals surface area contributed by atoms with Crippen LogP contribution in [0.1, 0.15) is 50.7 Å². The molecule has 1 fully saturated rings. The highest BCUT2D eigenvalue weighted by Crippen LogP contribution is 2.45. The molecule has 0 amide bonds. The maximum absolute atomic E-state index is 11.2. The van der Waals surface area contributed by atoms with E-state index in [2.05, 4.69) is 39.0 Å². The lowest BCUT2D eigenvalue weighted by Gasteiger charge is -2.43. The summed E-state index contributed by atoms with van der Waals surface area (Å²) in [5.74, 6) is 0.942. The fraction of sp³-hybridized carbons (Fsp3) is 0.625. The molecule has 1 saturated carbocycles. The van der Waals surface area contributed by atoms with Crippen molar-refractivity contribution in [2.45, 2.75) is 52.1 Å². The van der Waals surface area contributed by atoms with Crippen molar-refractivity contribution in [3.63, 3.8) is 0 Å². The Hall–Kier alpha value is -0.820. The van der Waals surface area contributed by atoms with E-state index in [9.17, 15) is 5.11 Å². The third kappa shape index (κ3) is 2.26. The molecule has 2 rings (SSSR count). The van der Waals surface area contributed by atoms with Gasteiger partial charge in [0, 0.05) is 0 Å². The normalized spacial score (nSPS) is 29.6. The quantitative estimate of drug-likeness (QED) is 0.816. The molecule has 17 heavy (non-hydrogen) atoms. The molecule has 1 aliphatic carbocycles. The molecule has 2 unspecified atom stereocenters. The smallest absolute Gasteiger partial charge is 0.0929 e. The van der Waals surface area contributed by atoms with Crippen molar-refractivity contribution in [3.8, 4) is 0 Å². The fourth-order valence-corrected chi connectivity index (χ4v) is 3.46. The van der Waals surface area contributed by atoms with Crippen LogP contribution >= 0.6 is 0 Å². The maximum Gasteiger partial charge on any atom is 0.0929 e. The Morgan fingerprint density at radius 1 is 1.24 bits per heavy atom. The fourth-order valence-electron chi connectivity index (χ4n) is 3.46. The van der Waals surface area contributed by atoms with Crippen LogP contribution < -0.4 is 0 Å². The van der Waals surface area contributed by atoms with Crippen LogP contribution in [0.25, 0.3) is 0 Å². The standard InChI is InChI=1S/C16H24O/c1-12(2)14-9-6-7-11-16(14,17)15-10-5-4-8-13(15)3/h4-5,8,10,12,14,17H,6-7,9,11H2,1-3H3. The molecule has 1 N–H and O–H groups in total. The highest BCUT2D eigenvalue weighted by Gasteiger charge is 2.42. The molecule has 0 saturated heterocycles. The SMILES string of the molecule is Cc1ccccc1C1(O)CCCCC1C(C)C. The lowest BCUT2D eigenvalue weighted by molar-refractivity contribution is -0.0725. The molecule has 1 aromatic rings. The molecule has 1 nitrogen and oxygen atoms in total. The van der Waals surface area contributed by atoms with Crippen molar-refractivity contribution in [1.82, 2.24) is 0 Å². The van der Waals surface area contributed by atoms with E-state index in [-0.39, 0.29) is 0 Å². The van der Waals surface area contributed by atoms with E-state index >= 15 is 0 Å². The minimum atomic E-state index is -0.599. The number of aryl methyl sites for hydroxylation is 1. The highest BCUT2D eigenvalue weighted by molar-refractivity contribution is 5.32. The van der Waals surface area contributed by atoms with E-state index in [0.717, 1.165) is 24.8 Å². The van der Waals surface area contributed by atoms with Crippen molar-refractivity contribution in [2.24, 2.45) is 11.8 Å². The van der Waals surface area contributed by atoms with Gasteiger partial charge in [-0.05, 0) is 42.7 Å². The summed E-state index contributed by atoms with van der Waals surface area (Å²) in [5.41, 5.74) is 1.78. The average molecular weight is 232 g/mol. The van der Waals surface area contributed by atoms with Gasteiger partial charge in [0.25, 0.3) is 0 Å². The van der Waals surface area contributed by atoms with Crippen LogP contribution in [0.5, 0.6) is 0 Å². The summed E-state index contributed by atoms with van der Waals surface area (Å²) in [6, 6.07) is 8.32. The molecule has 0 heterocycles. The highest BCUT2D eigenvalue weighted by atomic mass is 16.3. The van der Waals surface area contributed by atoms with Crippen molar-refractivity contribution in [1.29, 1.82) is 0 Å². The summed E-state index contributed by atoms with van der Waals surface area (Å²) in [5, 5.41) is 11.2. The van der Waals surface area contributed by atoms with E-state index in [1.165, 1.54) is 12.0 Å². The van der Waals surface area contributed by atoms with Gasteiger partial charge in [0.1, 0.15) is 0 Å². The Labute approximate surface area is 105 Å². The van der Waals surface area contributed by atoms with Crippen LogP contribution in [0.3, 0.4) is 0 Å². The van der Waals surface area contributed by atoms with Gasteiger partial charge in [-0.1, -0.05) is 51.0 Å². The second-order valence-corrected chi connectivity index (χ2v) is 5.84. The molecule has 0 spiro atoms. The lowest BCUT2D eigenvalue weighted by atomic mass is 9.66. The third-order valence-corrected chi connectivity index (χ3v) is 4.35. The largest absolute Gasteiger partial charge is 0.385 e. The molecular weight excluding hydrogens is 208 g/mol. The number of hydrogen-bond donors (Lipinski definition) is 1. The van der Waals surface area contributed by atoms with Gasteiger partial charge in [-0.2, -0.15) is 0 Å². The Bertz CT molecular complexity index is 383. The van der Waals surface area contributed by atoms with Gasteiger partial charge >= 0.3 is 0 Å². The van der Waals surface area contributed by atoms with Crippen molar-refractivity contribution in [2.75, 3.05) is 0 Å².